The molecule has 0 amide bonds. The van der Waals surface area contributed by atoms with Crippen LogP contribution in [0.4, 0.5) is 8.78 Å². The second-order valence-electron chi connectivity index (χ2n) is 2.67. The van der Waals surface area contributed by atoms with Crippen LogP contribution in [0.5, 0.6) is 0 Å². The van der Waals surface area contributed by atoms with Crippen molar-refractivity contribution in [2.45, 2.75) is 17.7 Å². The Balaban J connectivity index is 3.12. The molecule has 0 radical (unpaired) electrons. The summed E-state index contributed by atoms with van der Waals surface area (Å²) in [4.78, 5) is 10.7. The van der Waals surface area contributed by atoms with Gasteiger partial charge in [0, 0.05) is 10.5 Å². The first kappa shape index (κ1) is 11.2. The smallest absolute Gasteiger partial charge is 0.296 e. The lowest BCUT2D eigenvalue weighted by atomic mass is 10.1. The van der Waals surface area contributed by atoms with E-state index in [4.69, 9.17) is 0 Å². The number of aldehydes is 1. The van der Waals surface area contributed by atoms with E-state index in [0.717, 1.165) is 0 Å². The molecular weight excluding hydrogens is 206 g/mol. The Kier molecular flexibility index (Phi) is 3.63. The van der Waals surface area contributed by atoms with Crippen LogP contribution in [0.2, 0.25) is 0 Å². The number of alkyl halides is 2. The maximum Gasteiger partial charge on any atom is 0.328 e. The molecule has 0 N–H and O–H groups in total. The quantitative estimate of drug-likeness (QED) is 0.568. The average Bonchev–Trinajstić information content (AvgIpc) is 2.19. The molecule has 0 aliphatic heterocycles. The monoisotopic (exact) mass is 216 g/mol. The molecule has 0 saturated carbocycles. The maximum atomic E-state index is 13.1. The highest BCUT2D eigenvalue weighted by molar-refractivity contribution is 7.99. The van der Waals surface area contributed by atoms with E-state index in [1.165, 1.54) is 23.9 Å². The van der Waals surface area contributed by atoms with Crippen molar-refractivity contribution in [3.05, 3.63) is 29.8 Å². The number of hydrogen-bond acceptors (Lipinski definition) is 2. The minimum atomic E-state index is -3.38. The fraction of sp³-hybridized carbons (Fsp3) is 0.300. The van der Waals surface area contributed by atoms with Crippen LogP contribution in [0.15, 0.2) is 29.2 Å². The average molecular weight is 216 g/mol. The first-order valence-electron chi connectivity index (χ1n) is 4.18. The molecule has 4 heteroatoms. The van der Waals surface area contributed by atoms with Gasteiger partial charge in [-0.25, -0.2) is 0 Å². The molecule has 0 atom stereocenters. The molecule has 14 heavy (non-hydrogen) atoms. The normalized spacial score (nSPS) is 11.4. The summed E-state index contributed by atoms with van der Waals surface area (Å²) in [6.07, 6.45) is -0.317. The van der Waals surface area contributed by atoms with Crippen molar-refractivity contribution in [3.63, 3.8) is 0 Å². The predicted octanol–water partition coefficient (Wildman–Crippen LogP) is 3.09. The Morgan fingerprint density at radius 3 is 2.64 bits per heavy atom. The molecule has 0 heterocycles. The lowest BCUT2D eigenvalue weighted by molar-refractivity contribution is -0.130. The zero-order valence-electron chi connectivity index (χ0n) is 7.67. The van der Waals surface area contributed by atoms with Crippen LogP contribution in [0.3, 0.4) is 0 Å². The molecule has 0 saturated heterocycles. The van der Waals surface area contributed by atoms with Gasteiger partial charge < -0.3 is 0 Å². The van der Waals surface area contributed by atoms with Gasteiger partial charge in [-0.1, -0.05) is 25.1 Å². The molecule has 0 unspecified atom stereocenters. The Morgan fingerprint density at radius 1 is 1.43 bits per heavy atom. The van der Waals surface area contributed by atoms with Gasteiger partial charge in [0.25, 0.3) is 0 Å². The van der Waals surface area contributed by atoms with E-state index >= 15 is 0 Å². The van der Waals surface area contributed by atoms with Crippen molar-refractivity contribution in [2.75, 3.05) is 5.75 Å². The predicted molar refractivity (Wildman–Crippen MR) is 52.8 cm³/mol. The molecule has 1 aromatic carbocycles. The van der Waals surface area contributed by atoms with Crippen LogP contribution in [0, 0.1) is 0 Å². The first-order chi connectivity index (χ1) is 6.61. The second-order valence-corrected chi connectivity index (χ2v) is 3.98. The van der Waals surface area contributed by atoms with E-state index in [0.29, 0.717) is 10.6 Å². The van der Waals surface area contributed by atoms with Crippen molar-refractivity contribution in [2.24, 2.45) is 0 Å². The summed E-state index contributed by atoms with van der Waals surface area (Å²) in [6.45, 7) is 1.88. The minimum absolute atomic E-state index is 0.207. The largest absolute Gasteiger partial charge is 0.328 e. The van der Waals surface area contributed by atoms with E-state index in [1.807, 2.05) is 6.92 Å². The van der Waals surface area contributed by atoms with E-state index in [2.05, 4.69) is 0 Å². The Morgan fingerprint density at radius 2 is 2.07 bits per heavy atom. The molecule has 0 spiro atoms. The third kappa shape index (κ3) is 2.32. The van der Waals surface area contributed by atoms with Crippen LogP contribution in [-0.2, 0) is 10.7 Å². The van der Waals surface area contributed by atoms with Crippen LogP contribution >= 0.6 is 11.8 Å². The van der Waals surface area contributed by atoms with Gasteiger partial charge >= 0.3 is 5.92 Å². The highest BCUT2D eigenvalue weighted by atomic mass is 32.2. The summed E-state index contributed by atoms with van der Waals surface area (Å²) in [5.74, 6) is -2.68. The van der Waals surface area contributed by atoms with Crippen molar-refractivity contribution in [3.8, 4) is 0 Å². The molecule has 0 aliphatic rings. The third-order valence-electron chi connectivity index (χ3n) is 1.69. The van der Waals surface area contributed by atoms with Gasteiger partial charge in [-0.3, -0.25) is 4.79 Å². The fourth-order valence-electron chi connectivity index (χ4n) is 1.09. The summed E-state index contributed by atoms with van der Waals surface area (Å²) < 4.78 is 26.2. The van der Waals surface area contributed by atoms with Gasteiger partial charge in [-0.05, 0) is 11.8 Å². The third-order valence-corrected chi connectivity index (χ3v) is 2.65. The molecule has 76 valence electrons. The molecule has 1 rings (SSSR count). The highest BCUT2D eigenvalue weighted by Crippen LogP contribution is 2.33. The standard InChI is InChI=1S/C10H10F2OS/c1-2-14-9-6-4-3-5-8(9)10(11,12)7-13/h3-7H,2H2,1H3. The van der Waals surface area contributed by atoms with Crippen molar-refractivity contribution in [1.29, 1.82) is 0 Å². The first-order valence-corrected chi connectivity index (χ1v) is 5.17. The van der Waals surface area contributed by atoms with Crippen molar-refractivity contribution in [1.82, 2.24) is 0 Å². The lowest BCUT2D eigenvalue weighted by Gasteiger charge is -2.13. The molecule has 0 aromatic heterocycles. The van der Waals surface area contributed by atoms with E-state index in [-0.39, 0.29) is 11.8 Å². The summed E-state index contributed by atoms with van der Waals surface area (Å²) in [5, 5.41) is 0. The van der Waals surface area contributed by atoms with Crippen LogP contribution < -0.4 is 0 Å². The van der Waals surface area contributed by atoms with Gasteiger partial charge in [0.15, 0.2) is 6.29 Å². The Labute approximate surface area is 85.5 Å². The second kappa shape index (κ2) is 4.55. The van der Waals surface area contributed by atoms with Gasteiger partial charge in [0.05, 0.1) is 0 Å². The van der Waals surface area contributed by atoms with Crippen molar-refractivity contribution >= 4 is 18.0 Å². The summed E-state index contributed by atoms with van der Waals surface area (Å²) in [7, 11) is 0. The topological polar surface area (TPSA) is 17.1 Å². The lowest BCUT2D eigenvalue weighted by Crippen LogP contribution is -2.15. The van der Waals surface area contributed by atoms with Crippen LogP contribution in [-0.4, -0.2) is 12.0 Å². The van der Waals surface area contributed by atoms with E-state index < -0.39 is 5.92 Å². The fourth-order valence-corrected chi connectivity index (χ4v) is 1.93. The van der Waals surface area contributed by atoms with E-state index in [1.54, 1.807) is 12.1 Å². The Bertz CT molecular complexity index is 326. The zero-order valence-corrected chi connectivity index (χ0v) is 8.48. The summed E-state index contributed by atoms with van der Waals surface area (Å²) in [6, 6.07) is 6.07. The maximum absolute atomic E-state index is 13.1. The molecule has 0 aliphatic carbocycles. The SMILES string of the molecule is CCSc1ccccc1C(F)(F)C=O. The molecular formula is C10H10F2OS. The number of carbonyl (C=O) groups excluding carboxylic acids is 1. The zero-order chi connectivity index (χ0) is 10.6. The molecule has 1 nitrogen and oxygen atoms in total. The number of halogens is 2. The van der Waals surface area contributed by atoms with Gasteiger partial charge in [-0.2, -0.15) is 8.78 Å². The molecule has 0 fully saturated rings. The number of hydrogen-bond donors (Lipinski definition) is 0. The van der Waals surface area contributed by atoms with Gasteiger partial charge in [-0.15, -0.1) is 11.8 Å². The molecule has 1 aromatic rings. The summed E-state index contributed by atoms with van der Waals surface area (Å²) in [5.41, 5.74) is -0.207. The van der Waals surface area contributed by atoms with Crippen molar-refractivity contribution < 1.29 is 13.6 Å². The number of carbonyl (C=O) groups is 1. The summed E-state index contributed by atoms with van der Waals surface area (Å²) >= 11 is 1.31. The van der Waals surface area contributed by atoms with Gasteiger partial charge in [0.1, 0.15) is 0 Å². The van der Waals surface area contributed by atoms with E-state index in [9.17, 15) is 13.6 Å². The van der Waals surface area contributed by atoms with Crippen LogP contribution in [0.25, 0.3) is 0 Å². The van der Waals surface area contributed by atoms with Crippen LogP contribution in [0.1, 0.15) is 12.5 Å². The van der Waals surface area contributed by atoms with Gasteiger partial charge in [0.2, 0.25) is 0 Å². The number of thioether (sulfide) groups is 1. The number of benzene rings is 1. The Hall–Kier alpha value is -0.900. The minimum Gasteiger partial charge on any atom is -0.296 e. The molecule has 0 bridgehead atoms. The number of rotatable bonds is 4. The highest BCUT2D eigenvalue weighted by Gasteiger charge is 2.32.